The van der Waals surface area contributed by atoms with E-state index < -0.39 is 0 Å². The molecule has 3 rings (SSSR count). The summed E-state index contributed by atoms with van der Waals surface area (Å²) in [6, 6.07) is 15.7. The van der Waals surface area contributed by atoms with Gasteiger partial charge in [0.1, 0.15) is 5.75 Å². The van der Waals surface area contributed by atoms with Crippen molar-refractivity contribution in [2.24, 2.45) is 5.92 Å². The molecule has 0 heterocycles. The van der Waals surface area contributed by atoms with Crippen LogP contribution in [-0.2, 0) is 12.8 Å². The Balaban J connectivity index is 1.26. The number of carbonyl (C=O) groups excluding carboxylic acids is 1. The number of fused-ring (bicyclic) bond motifs is 1. The third-order valence-corrected chi connectivity index (χ3v) is 5.35. The van der Waals surface area contributed by atoms with E-state index in [4.69, 9.17) is 4.74 Å². The maximum atomic E-state index is 11.8. The average molecular weight is 382 g/mol. The van der Waals surface area contributed by atoms with E-state index >= 15 is 0 Å². The van der Waals surface area contributed by atoms with E-state index in [1.807, 2.05) is 30.3 Å². The van der Waals surface area contributed by atoms with E-state index in [1.165, 1.54) is 24.0 Å². The number of rotatable bonds is 9. The highest BCUT2D eigenvalue weighted by Crippen LogP contribution is 2.33. The van der Waals surface area contributed by atoms with Gasteiger partial charge in [-0.3, -0.25) is 0 Å². The van der Waals surface area contributed by atoms with Crippen molar-refractivity contribution in [1.29, 1.82) is 0 Å². The van der Waals surface area contributed by atoms with E-state index in [0.29, 0.717) is 6.54 Å². The van der Waals surface area contributed by atoms with E-state index in [9.17, 15) is 4.79 Å². The van der Waals surface area contributed by atoms with Gasteiger partial charge in [-0.05, 0) is 73.9 Å². The molecule has 5 nitrogen and oxygen atoms in total. The molecule has 1 unspecified atom stereocenters. The SMILES string of the molecule is COc1cccc2c1CC(CCCNCCNC(=O)Nc1ccccc1)CC2. The van der Waals surface area contributed by atoms with Crippen LogP contribution in [0.5, 0.6) is 5.75 Å². The fraction of sp³-hybridized carbons (Fsp3) is 0.435. The summed E-state index contributed by atoms with van der Waals surface area (Å²) >= 11 is 0. The molecule has 0 fully saturated rings. The molecule has 0 bridgehead atoms. The molecule has 150 valence electrons. The predicted octanol–water partition coefficient (Wildman–Crippen LogP) is 3.99. The summed E-state index contributed by atoms with van der Waals surface area (Å²) in [4.78, 5) is 11.8. The van der Waals surface area contributed by atoms with Crippen LogP contribution in [0.1, 0.15) is 30.4 Å². The second kappa shape index (κ2) is 10.7. The van der Waals surface area contributed by atoms with Crippen molar-refractivity contribution in [3.63, 3.8) is 0 Å². The lowest BCUT2D eigenvalue weighted by Crippen LogP contribution is -2.35. The third kappa shape index (κ3) is 5.99. The van der Waals surface area contributed by atoms with Gasteiger partial charge in [0.05, 0.1) is 7.11 Å². The molecule has 0 radical (unpaired) electrons. The van der Waals surface area contributed by atoms with Crippen LogP contribution in [0, 0.1) is 5.92 Å². The number of hydrogen-bond donors (Lipinski definition) is 3. The van der Waals surface area contributed by atoms with Crippen molar-refractivity contribution in [3.05, 3.63) is 59.7 Å². The normalized spacial score (nSPS) is 15.5. The van der Waals surface area contributed by atoms with Crippen LogP contribution in [0.4, 0.5) is 10.5 Å². The highest BCUT2D eigenvalue weighted by Gasteiger charge is 2.20. The molecular formula is C23H31N3O2. The Morgan fingerprint density at radius 1 is 1.07 bits per heavy atom. The molecule has 1 aliphatic rings. The Hall–Kier alpha value is -2.53. The first-order valence-corrected chi connectivity index (χ1v) is 10.2. The molecule has 5 heteroatoms. The molecule has 0 saturated heterocycles. The maximum absolute atomic E-state index is 11.8. The lowest BCUT2D eigenvalue weighted by Gasteiger charge is -2.26. The number of methoxy groups -OCH3 is 1. The first-order chi connectivity index (χ1) is 13.8. The van der Waals surface area contributed by atoms with E-state index in [1.54, 1.807) is 7.11 Å². The molecule has 3 N–H and O–H groups in total. The number of anilines is 1. The summed E-state index contributed by atoms with van der Waals surface area (Å²) in [6.07, 6.45) is 5.94. The fourth-order valence-corrected chi connectivity index (χ4v) is 3.87. The monoisotopic (exact) mass is 381 g/mol. The lowest BCUT2D eigenvalue weighted by molar-refractivity contribution is 0.252. The van der Waals surface area contributed by atoms with Gasteiger partial charge in [0.2, 0.25) is 0 Å². The quantitative estimate of drug-likeness (QED) is 0.576. The van der Waals surface area contributed by atoms with Gasteiger partial charge in [0, 0.05) is 18.8 Å². The summed E-state index contributed by atoms with van der Waals surface area (Å²) in [5.41, 5.74) is 3.66. The summed E-state index contributed by atoms with van der Waals surface area (Å²) < 4.78 is 5.54. The van der Waals surface area contributed by atoms with E-state index in [-0.39, 0.29) is 6.03 Å². The summed E-state index contributed by atoms with van der Waals surface area (Å²) in [5.74, 6) is 1.78. The van der Waals surface area contributed by atoms with Gasteiger partial charge in [-0.25, -0.2) is 4.79 Å². The number of nitrogens with one attached hydrogen (secondary N) is 3. The third-order valence-electron chi connectivity index (χ3n) is 5.35. The number of carbonyl (C=O) groups is 1. The highest BCUT2D eigenvalue weighted by molar-refractivity contribution is 5.89. The number of ether oxygens (including phenoxy) is 1. The van der Waals surface area contributed by atoms with Gasteiger partial charge in [-0.1, -0.05) is 30.3 Å². The first kappa shape index (κ1) is 20.2. The smallest absolute Gasteiger partial charge is 0.319 e. The highest BCUT2D eigenvalue weighted by atomic mass is 16.5. The van der Waals surface area contributed by atoms with Crippen molar-refractivity contribution in [3.8, 4) is 5.75 Å². The van der Waals surface area contributed by atoms with Gasteiger partial charge < -0.3 is 20.7 Å². The van der Waals surface area contributed by atoms with Gasteiger partial charge >= 0.3 is 6.03 Å². The van der Waals surface area contributed by atoms with Crippen molar-refractivity contribution in [1.82, 2.24) is 10.6 Å². The molecule has 0 aromatic heterocycles. The topological polar surface area (TPSA) is 62.4 Å². The zero-order chi connectivity index (χ0) is 19.6. The van der Waals surface area contributed by atoms with Gasteiger partial charge in [-0.2, -0.15) is 0 Å². The zero-order valence-corrected chi connectivity index (χ0v) is 16.7. The van der Waals surface area contributed by atoms with Crippen molar-refractivity contribution < 1.29 is 9.53 Å². The Bertz CT molecular complexity index is 735. The Morgan fingerprint density at radius 2 is 1.93 bits per heavy atom. The minimum atomic E-state index is -0.164. The average Bonchev–Trinajstić information content (AvgIpc) is 2.73. The van der Waals surface area contributed by atoms with Crippen LogP contribution < -0.4 is 20.7 Å². The second-order valence-electron chi connectivity index (χ2n) is 7.35. The second-order valence-corrected chi connectivity index (χ2v) is 7.35. The zero-order valence-electron chi connectivity index (χ0n) is 16.7. The first-order valence-electron chi connectivity index (χ1n) is 10.2. The molecule has 0 aliphatic heterocycles. The predicted molar refractivity (Wildman–Crippen MR) is 114 cm³/mol. The van der Waals surface area contributed by atoms with Crippen LogP contribution in [-0.4, -0.2) is 32.8 Å². The maximum Gasteiger partial charge on any atom is 0.319 e. The van der Waals surface area contributed by atoms with Crippen molar-refractivity contribution >= 4 is 11.7 Å². The largest absolute Gasteiger partial charge is 0.496 e. The van der Waals surface area contributed by atoms with Gasteiger partial charge in [-0.15, -0.1) is 0 Å². The number of urea groups is 1. The van der Waals surface area contributed by atoms with Gasteiger partial charge in [0.25, 0.3) is 0 Å². The summed E-state index contributed by atoms with van der Waals surface area (Å²) in [5, 5.41) is 9.10. The Kier molecular flexibility index (Phi) is 7.73. The number of aryl methyl sites for hydroxylation is 1. The molecular weight excluding hydrogens is 350 g/mol. The Morgan fingerprint density at radius 3 is 2.75 bits per heavy atom. The number of amides is 2. The van der Waals surface area contributed by atoms with Crippen molar-refractivity contribution in [2.45, 2.75) is 32.1 Å². The molecule has 28 heavy (non-hydrogen) atoms. The standard InChI is InChI=1S/C23H31N3O2/c1-28-22-11-5-8-19-13-12-18(17-21(19)22)7-6-14-24-15-16-25-23(27)26-20-9-3-2-4-10-20/h2-5,8-11,18,24H,6-7,12-17H2,1H3,(H2,25,26,27). The minimum Gasteiger partial charge on any atom is -0.496 e. The number of benzene rings is 2. The molecule has 1 atom stereocenters. The van der Waals surface area contributed by atoms with Crippen molar-refractivity contribution in [2.75, 3.05) is 32.1 Å². The van der Waals surface area contributed by atoms with Crippen LogP contribution in [0.2, 0.25) is 0 Å². The van der Waals surface area contributed by atoms with Crippen LogP contribution >= 0.6 is 0 Å². The van der Waals surface area contributed by atoms with Crippen LogP contribution in [0.15, 0.2) is 48.5 Å². The lowest BCUT2D eigenvalue weighted by atomic mass is 9.81. The van der Waals surface area contributed by atoms with Gasteiger partial charge in [0.15, 0.2) is 0 Å². The number of hydrogen-bond acceptors (Lipinski definition) is 3. The molecule has 0 saturated carbocycles. The number of para-hydroxylation sites is 1. The van der Waals surface area contributed by atoms with E-state index in [2.05, 4.69) is 34.1 Å². The minimum absolute atomic E-state index is 0.164. The Labute approximate surface area is 167 Å². The van der Waals surface area contributed by atoms with Crippen LogP contribution in [0.3, 0.4) is 0 Å². The fourth-order valence-electron chi connectivity index (χ4n) is 3.87. The van der Waals surface area contributed by atoms with E-state index in [0.717, 1.165) is 49.7 Å². The molecule has 2 aromatic rings. The molecule has 0 spiro atoms. The van der Waals surface area contributed by atoms with Crippen LogP contribution in [0.25, 0.3) is 0 Å². The molecule has 1 aliphatic carbocycles. The molecule has 2 aromatic carbocycles. The molecule has 2 amide bonds. The summed E-state index contributed by atoms with van der Waals surface area (Å²) in [7, 11) is 1.76. The summed E-state index contributed by atoms with van der Waals surface area (Å²) in [6.45, 7) is 2.38.